The molecule has 0 radical (unpaired) electrons. The molecule has 2 N–H and O–H groups in total. The van der Waals surface area contributed by atoms with Crippen LogP contribution < -0.4 is 10.5 Å². The van der Waals surface area contributed by atoms with E-state index in [2.05, 4.69) is 0 Å². The highest BCUT2D eigenvalue weighted by Gasteiger charge is 2.10. The monoisotopic (exact) mass is 227 g/mol. The smallest absolute Gasteiger partial charge is 0.165 e. The number of rotatable bonds is 5. The van der Waals surface area contributed by atoms with E-state index in [0.29, 0.717) is 12.2 Å². The molecular weight excluding hydrogens is 209 g/mol. The third-order valence-corrected chi connectivity index (χ3v) is 2.21. The zero-order chi connectivity index (χ0) is 12.1. The molecule has 1 rings (SSSR count). The summed E-state index contributed by atoms with van der Waals surface area (Å²) in [6, 6.07) is 4.38. The zero-order valence-corrected chi connectivity index (χ0v) is 9.87. The van der Waals surface area contributed by atoms with Crippen molar-refractivity contribution >= 4 is 0 Å². The summed E-state index contributed by atoms with van der Waals surface area (Å²) < 4.78 is 23.6. The average Bonchev–Trinajstić information content (AvgIpc) is 2.25. The summed E-state index contributed by atoms with van der Waals surface area (Å²) in [4.78, 5) is 0. The largest absolute Gasteiger partial charge is 0.494 e. The Morgan fingerprint density at radius 2 is 2.06 bits per heavy atom. The minimum Gasteiger partial charge on any atom is -0.494 e. The van der Waals surface area contributed by atoms with Gasteiger partial charge in [-0.3, -0.25) is 0 Å². The van der Waals surface area contributed by atoms with E-state index in [-0.39, 0.29) is 17.9 Å². The molecule has 3 nitrogen and oxygen atoms in total. The molecule has 1 unspecified atom stereocenters. The highest BCUT2D eigenvalue weighted by atomic mass is 19.1. The van der Waals surface area contributed by atoms with Crippen LogP contribution in [0.1, 0.15) is 25.5 Å². The van der Waals surface area contributed by atoms with Gasteiger partial charge >= 0.3 is 0 Å². The van der Waals surface area contributed by atoms with E-state index in [0.717, 1.165) is 0 Å². The maximum atomic E-state index is 13.4. The molecule has 1 aromatic rings. The fourth-order valence-electron chi connectivity index (χ4n) is 1.31. The van der Waals surface area contributed by atoms with E-state index in [9.17, 15) is 4.39 Å². The number of nitrogens with two attached hydrogens (primary N) is 1. The van der Waals surface area contributed by atoms with Crippen molar-refractivity contribution in [3.63, 3.8) is 0 Å². The van der Waals surface area contributed by atoms with Gasteiger partial charge in [0.05, 0.1) is 25.9 Å². The molecule has 4 heteroatoms. The highest BCUT2D eigenvalue weighted by molar-refractivity contribution is 5.30. The van der Waals surface area contributed by atoms with Crippen LogP contribution in [0.2, 0.25) is 0 Å². The second-order valence-electron chi connectivity index (χ2n) is 3.88. The number of hydrogen-bond acceptors (Lipinski definition) is 3. The molecule has 16 heavy (non-hydrogen) atoms. The van der Waals surface area contributed by atoms with Crippen LogP contribution in [0.5, 0.6) is 5.75 Å². The van der Waals surface area contributed by atoms with Crippen LogP contribution in [0.25, 0.3) is 0 Å². The maximum Gasteiger partial charge on any atom is 0.165 e. The Balaban J connectivity index is 2.69. The van der Waals surface area contributed by atoms with Gasteiger partial charge in [-0.25, -0.2) is 4.39 Å². The van der Waals surface area contributed by atoms with Crippen LogP contribution in [-0.2, 0) is 4.74 Å². The first-order valence-electron chi connectivity index (χ1n) is 5.25. The fourth-order valence-corrected chi connectivity index (χ4v) is 1.31. The Kier molecular flexibility index (Phi) is 4.71. The number of halogens is 1. The maximum absolute atomic E-state index is 13.4. The van der Waals surface area contributed by atoms with E-state index in [1.165, 1.54) is 13.2 Å². The molecule has 90 valence electrons. The van der Waals surface area contributed by atoms with E-state index in [1.54, 1.807) is 12.1 Å². The van der Waals surface area contributed by atoms with Crippen LogP contribution in [0, 0.1) is 5.82 Å². The molecule has 0 bridgehead atoms. The second-order valence-corrected chi connectivity index (χ2v) is 3.88. The van der Waals surface area contributed by atoms with E-state index < -0.39 is 5.82 Å². The molecule has 0 fully saturated rings. The molecule has 0 amide bonds. The van der Waals surface area contributed by atoms with Gasteiger partial charge in [-0.05, 0) is 31.5 Å². The van der Waals surface area contributed by atoms with Gasteiger partial charge < -0.3 is 15.2 Å². The molecule has 0 heterocycles. The van der Waals surface area contributed by atoms with Crippen LogP contribution in [0.15, 0.2) is 18.2 Å². The Morgan fingerprint density at radius 1 is 1.38 bits per heavy atom. The molecule has 1 aromatic carbocycles. The average molecular weight is 227 g/mol. The van der Waals surface area contributed by atoms with Crippen LogP contribution in [0.3, 0.4) is 0 Å². The Labute approximate surface area is 95.4 Å². The van der Waals surface area contributed by atoms with Gasteiger partial charge in [-0.1, -0.05) is 6.07 Å². The lowest BCUT2D eigenvalue weighted by Crippen LogP contribution is -2.19. The van der Waals surface area contributed by atoms with Crippen molar-refractivity contribution in [2.45, 2.75) is 26.0 Å². The van der Waals surface area contributed by atoms with Crippen molar-refractivity contribution in [3.8, 4) is 5.75 Å². The zero-order valence-electron chi connectivity index (χ0n) is 9.87. The van der Waals surface area contributed by atoms with Crippen molar-refractivity contribution in [2.24, 2.45) is 5.73 Å². The summed E-state index contributed by atoms with van der Waals surface area (Å²) in [6.07, 6.45) is 0.120. The summed E-state index contributed by atoms with van der Waals surface area (Å²) >= 11 is 0. The third-order valence-electron chi connectivity index (χ3n) is 2.21. The van der Waals surface area contributed by atoms with Crippen molar-refractivity contribution in [2.75, 3.05) is 13.7 Å². The van der Waals surface area contributed by atoms with E-state index >= 15 is 0 Å². The van der Waals surface area contributed by atoms with E-state index in [4.69, 9.17) is 15.2 Å². The fraction of sp³-hybridized carbons (Fsp3) is 0.500. The molecule has 0 saturated heterocycles. The number of methoxy groups -OCH3 is 1. The predicted molar refractivity (Wildman–Crippen MR) is 61.0 cm³/mol. The minimum atomic E-state index is -0.403. The van der Waals surface area contributed by atoms with Crippen LogP contribution in [0.4, 0.5) is 4.39 Å². The normalized spacial score (nSPS) is 12.9. The minimum absolute atomic E-state index is 0.120. The first-order valence-corrected chi connectivity index (χ1v) is 5.25. The Morgan fingerprint density at radius 3 is 2.56 bits per heavy atom. The van der Waals surface area contributed by atoms with Gasteiger partial charge in [0.25, 0.3) is 0 Å². The van der Waals surface area contributed by atoms with Gasteiger partial charge in [0.2, 0.25) is 0 Å². The summed E-state index contributed by atoms with van der Waals surface area (Å²) in [6.45, 7) is 4.24. The first kappa shape index (κ1) is 12.9. The van der Waals surface area contributed by atoms with Gasteiger partial charge in [0.15, 0.2) is 11.6 Å². The molecule has 0 spiro atoms. The lowest BCUT2D eigenvalue weighted by Gasteiger charge is -2.15. The highest BCUT2D eigenvalue weighted by Crippen LogP contribution is 2.21. The summed E-state index contributed by atoms with van der Waals surface area (Å²) in [5.41, 5.74) is 6.58. The number of hydrogen-bond donors (Lipinski definition) is 1. The van der Waals surface area contributed by atoms with Crippen molar-refractivity contribution < 1.29 is 13.9 Å². The Hall–Kier alpha value is -1.13. The molecule has 0 aliphatic rings. The van der Waals surface area contributed by atoms with Crippen molar-refractivity contribution in [1.82, 2.24) is 0 Å². The Bertz CT molecular complexity index is 342. The lowest BCUT2D eigenvalue weighted by molar-refractivity contribution is 0.0682. The number of ether oxygens (including phenoxy) is 2. The van der Waals surface area contributed by atoms with Crippen molar-refractivity contribution in [3.05, 3.63) is 29.6 Å². The molecule has 1 atom stereocenters. The first-order chi connectivity index (χ1) is 7.54. The SMILES string of the molecule is COc1ccc(C(N)COC(C)C)cc1F. The summed E-state index contributed by atoms with van der Waals surface area (Å²) in [5.74, 6) is -0.180. The van der Waals surface area contributed by atoms with Gasteiger partial charge in [0.1, 0.15) is 0 Å². The standard InChI is InChI=1S/C12H18FNO2/c1-8(2)16-7-11(14)9-4-5-12(15-3)10(13)6-9/h4-6,8,11H,7,14H2,1-3H3. The van der Waals surface area contributed by atoms with Gasteiger partial charge in [0, 0.05) is 0 Å². The van der Waals surface area contributed by atoms with Gasteiger partial charge in [-0.15, -0.1) is 0 Å². The molecule has 0 aliphatic heterocycles. The summed E-state index contributed by atoms with van der Waals surface area (Å²) in [7, 11) is 1.43. The van der Waals surface area contributed by atoms with Crippen LogP contribution >= 0.6 is 0 Å². The third kappa shape index (κ3) is 3.47. The van der Waals surface area contributed by atoms with Gasteiger partial charge in [-0.2, -0.15) is 0 Å². The van der Waals surface area contributed by atoms with E-state index in [1.807, 2.05) is 13.8 Å². The number of benzene rings is 1. The molecule has 0 saturated carbocycles. The lowest BCUT2D eigenvalue weighted by atomic mass is 10.1. The molecule has 0 aliphatic carbocycles. The topological polar surface area (TPSA) is 44.5 Å². The molecule has 0 aromatic heterocycles. The second kappa shape index (κ2) is 5.82. The van der Waals surface area contributed by atoms with Crippen molar-refractivity contribution in [1.29, 1.82) is 0 Å². The molecular formula is C12H18FNO2. The summed E-state index contributed by atoms with van der Waals surface area (Å²) in [5, 5.41) is 0. The van der Waals surface area contributed by atoms with Crippen LogP contribution in [-0.4, -0.2) is 19.8 Å². The predicted octanol–water partition coefficient (Wildman–Crippen LogP) is 2.26. The quantitative estimate of drug-likeness (QED) is 0.839.